The van der Waals surface area contributed by atoms with Crippen LogP contribution in [-0.4, -0.2) is 10.8 Å². The molecule has 0 heterocycles. The first-order chi connectivity index (χ1) is 12.5. The molecule has 0 saturated heterocycles. The minimum absolute atomic E-state index is 0.00615. The van der Waals surface area contributed by atoms with E-state index in [0.717, 1.165) is 6.07 Å². The van der Waals surface area contributed by atoms with E-state index >= 15 is 0 Å². The van der Waals surface area contributed by atoms with Crippen molar-refractivity contribution in [3.8, 4) is 0 Å². The van der Waals surface area contributed by atoms with Crippen LogP contribution in [0.5, 0.6) is 0 Å². The van der Waals surface area contributed by atoms with Crippen LogP contribution in [0, 0.1) is 15.9 Å². The second-order valence-corrected chi connectivity index (χ2v) is 5.41. The van der Waals surface area contributed by atoms with E-state index in [4.69, 9.17) is 0 Å². The fourth-order valence-electron chi connectivity index (χ4n) is 2.36. The molecule has 0 atom stereocenters. The highest BCUT2D eigenvalue weighted by Crippen LogP contribution is 2.29. The fraction of sp³-hybridized carbons (Fsp3) is 0. The number of nitro benzene ring substituents is 1. The molecule has 26 heavy (non-hydrogen) atoms. The SMILES string of the molecule is O=C(Nc1ccccc1F)c1ccc(Nc2ccccc2)c([N+](=O)[O-])c1. The summed E-state index contributed by atoms with van der Waals surface area (Å²) in [6.45, 7) is 0. The Hall–Kier alpha value is -3.74. The molecule has 2 N–H and O–H groups in total. The van der Waals surface area contributed by atoms with Gasteiger partial charge < -0.3 is 10.6 Å². The summed E-state index contributed by atoms with van der Waals surface area (Å²) in [5.41, 5.74) is 0.739. The monoisotopic (exact) mass is 351 g/mol. The van der Waals surface area contributed by atoms with Crippen molar-refractivity contribution in [2.45, 2.75) is 0 Å². The maximum atomic E-state index is 13.6. The number of hydrogen-bond donors (Lipinski definition) is 2. The molecular weight excluding hydrogens is 337 g/mol. The van der Waals surface area contributed by atoms with Crippen molar-refractivity contribution >= 4 is 28.7 Å². The van der Waals surface area contributed by atoms with Crippen molar-refractivity contribution in [3.63, 3.8) is 0 Å². The van der Waals surface area contributed by atoms with Gasteiger partial charge in [-0.15, -0.1) is 0 Å². The van der Waals surface area contributed by atoms with Crippen molar-refractivity contribution in [2.75, 3.05) is 10.6 Å². The zero-order chi connectivity index (χ0) is 18.5. The molecule has 0 bridgehead atoms. The first-order valence-electron chi connectivity index (χ1n) is 7.71. The number of nitrogens with one attached hydrogen (secondary N) is 2. The van der Waals surface area contributed by atoms with Crippen LogP contribution in [0.15, 0.2) is 72.8 Å². The van der Waals surface area contributed by atoms with E-state index in [0.29, 0.717) is 5.69 Å². The topological polar surface area (TPSA) is 84.3 Å². The van der Waals surface area contributed by atoms with Crippen molar-refractivity contribution in [2.24, 2.45) is 0 Å². The average molecular weight is 351 g/mol. The van der Waals surface area contributed by atoms with Crippen molar-refractivity contribution in [3.05, 3.63) is 94.3 Å². The van der Waals surface area contributed by atoms with E-state index < -0.39 is 16.6 Å². The minimum atomic E-state index is -0.635. The van der Waals surface area contributed by atoms with Crippen LogP contribution in [0.25, 0.3) is 0 Å². The molecular formula is C19H14FN3O3. The summed E-state index contributed by atoms with van der Waals surface area (Å²) in [4.78, 5) is 23.1. The van der Waals surface area contributed by atoms with E-state index in [2.05, 4.69) is 10.6 Å². The number of carbonyl (C=O) groups excluding carboxylic acids is 1. The van der Waals surface area contributed by atoms with Gasteiger partial charge in [-0.1, -0.05) is 30.3 Å². The maximum Gasteiger partial charge on any atom is 0.293 e. The van der Waals surface area contributed by atoms with Crippen LogP contribution in [0.3, 0.4) is 0 Å². The van der Waals surface area contributed by atoms with Crippen LogP contribution in [0.2, 0.25) is 0 Å². The Morgan fingerprint density at radius 3 is 2.31 bits per heavy atom. The van der Waals surface area contributed by atoms with Gasteiger partial charge in [0, 0.05) is 17.3 Å². The normalized spacial score (nSPS) is 10.2. The first-order valence-corrected chi connectivity index (χ1v) is 7.71. The number of rotatable bonds is 5. The van der Waals surface area contributed by atoms with Gasteiger partial charge in [-0.3, -0.25) is 14.9 Å². The smallest absolute Gasteiger partial charge is 0.293 e. The van der Waals surface area contributed by atoms with Crippen molar-refractivity contribution < 1.29 is 14.1 Å². The number of amides is 1. The molecule has 0 saturated carbocycles. The van der Waals surface area contributed by atoms with Crippen LogP contribution in [0.1, 0.15) is 10.4 Å². The Labute approximate surface area is 148 Å². The Balaban J connectivity index is 1.87. The Morgan fingerprint density at radius 1 is 0.923 bits per heavy atom. The molecule has 0 fully saturated rings. The van der Waals surface area contributed by atoms with Crippen LogP contribution in [-0.2, 0) is 0 Å². The summed E-state index contributed by atoms with van der Waals surface area (Å²) in [6, 6.07) is 18.7. The molecule has 130 valence electrons. The van der Waals surface area contributed by atoms with Gasteiger partial charge in [-0.2, -0.15) is 0 Å². The molecule has 3 aromatic carbocycles. The Bertz CT molecular complexity index is 961. The summed E-state index contributed by atoms with van der Waals surface area (Å²) in [7, 11) is 0. The van der Waals surface area contributed by atoms with Crippen LogP contribution in [0.4, 0.5) is 27.1 Å². The Kier molecular flexibility index (Phi) is 4.89. The molecule has 7 heteroatoms. The predicted octanol–water partition coefficient (Wildman–Crippen LogP) is 4.73. The first kappa shape index (κ1) is 17.1. The summed E-state index contributed by atoms with van der Waals surface area (Å²) in [5, 5.41) is 16.7. The zero-order valence-electron chi connectivity index (χ0n) is 13.5. The largest absolute Gasteiger partial charge is 0.350 e. The number of halogens is 1. The molecule has 3 aromatic rings. The lowest BCUT2D eigenvalue weighted by molar-refractivity contribution is -0.383. The number of para-hydroxylation sites is 2. The zero-order valence-corrected chi connectivity index (χ0v) is 13.5. The number of nitrogens with zero attached hydrogens (tertiary/aromatic N) is 1. The third-order valence-electron chi connectivity index (χ3n) is 3.63. The maximum absolute atomic E-state index is 13.6. The third-order valence-corrected chi connectivity index (χ3v) is 3.63. The van der Waals surface area contributed by atoms with Gasteiger partial charge in [0.2, 0.25) is 0 Å². The predicted molar refractivity (Wildman–Crippen MR) is 97.2 cm³/mol. The molecule has 0 aliphatic rings. The standard InChI is InChI=1S/C19H14FN3O3/c20-15-8-4-5-9-16(15)22-19(24)13-10-11-17(18(12-13)23(25)26)21-14-6-2-1-3-7-14/h1-12,21H,(H,22,24). The molecule has 0 spiro atoms. The van der Waals surface area contributed by atoms with Gasteiger partial charge in [-0.25, -0.2) is 4.39 Å². The lowest BCUT2D eigenvalue weighted by atomic mass is 10.1. The number of hydrogen-bond acceptors (Lipinski definition) is 4. The summed E-state index contributed by atoms with van der Waals surface area (Å²) >= 11 is 0. The molecule has 1 amide bonds. The number of carbonyl (C=O) groups is 1. The highest BCUT2D eigenvalue weighted by Gasteiger charge is 2.18. The van der Waals surface area contributed by atoms with E-state index in [1.165, 1.54) is 30.3 Å². The summed E-state index contributed by atoms with van der Waals surface area (Å²) < 4.78 is 13.6. The minimum Gasteiger partial charge on any atom is -0.350 e. The van der Waals surface area contributed by atoms with E-state index in [1.54, 1.807) is 30.3 Å². The van der Waals surface area contributed by atoms with Gasteiger partial charge in [0.1, 0.15) is 11.5 Å². The van der Waals surface area contributed by atoms with E-state index in [-0.39, 0.29) is 22.6 Å². The lowest BCUT2D eigenvalue weighted by Crippen LogP contribution is -2.13. The molecule has 6 nitrogen and oxygen atoms in total. The summed E-state index contributed by atoms with van der Waals surface area (Å²) in [6.07, 6.45) is 0. The molecule has 3 rings (SSSR count). The third kappa shape index (κ3) is 3.84. The molecule has 0 aliphatic heterocycles. The molecule has 0 aliphatic carbocycles. The highest BCUT2D eigenvalue weighted by atomic mass is 19.1. The molecule has 0 radical (unpaired) electrons. The molecule has 0 aromatic heterocycles. The Morgan fingerprint density at radius 2 is 1.62 bits per heavy atom. The van der Waals surface area contributed by atoms with E-state index in [9.17, 15) is 19.3 Å². The van der Waals surface area contributed by atoms with Gasteiger partial charge in [0.25, 0.3) is 11.6 Å². The lowest BCUT2D eigenvalue weighted by Gasteiger charge is -2.09. The number of anilines is 3. The van der Waals surface area contributed by atoms with E-state index in [1.807, 2.05) is 6.07 Å². The van der Waals surface area contributed by atoms with Gasteiger partial charge in [-0.05, 0) is 36.4 Å². The fourth-order valence-corrected chi connectivity index (χ4v) is 2.36. The van der Waals surface area contributed by atoms with Crippen molar-refractivity contribution in [1.82, 2.24) is 0 Å². The molecule has 0 unspecified atom stereocenters. The van der Waals surface area contributed by atoms with Gasteiger partial charge >= 0.3 is 0 Å². The second-order valence-electron chi connectivity index (χ2n) is 5.41. The average Bonchev–Trinajstić information content (AvgIpc) is 2.64. The van der Waals surface area contributed by atoms with Gasteiger partial charge in [0.15, 0.2) is 0 Å². The second kappa shape index (κ2) is 7.43. The van der Waals surface area contributed by atoms with Crippen LogP contribution >= 0.6 is 0 Å². The number of benzene rings is 3. The summed E-state index contributed by atoms with van der Waals surface area (Å²) in [5.74, 6) is -1.22. The van der Waals surface area contributed by atoms with Crippen molar-refractivity contribution in [1.29, 1.82) is 0 Å². The van der Waals surface area contributed by atoms with Gasteiger partial charge in [0.05, 0.1) is 10.6 Å². The highest BCUT2D eigenvalue weighted by molar-refractivity contribution is 6.05. The van der Waals surface area contributed by atoms with Crippen LogP contribution < -0.4 is 10.6 Å². The quantitative estimate of drug-likeness (QED) is 0.514. The number of nitro groups is 1.